The van der Waals surface area contributed by atoms with Crippen LogP contribution >= 0.6 is 15.9 Å². The van der Waals surface area contributed by atoms with Crippen LogP contribution in [0, 0.1) is 23.2 Å². The number of nitriles is 1. The molecule has 1 aromatic heterocycles. The molecular weight excluding hydrogens is 626 g/mol. The fourth-order valence-corrected chi connectivity index (χ4v) is 7.55. The van der Waals surface area contributed by atoms with Crippen LogP contribution in [0.5, 0.6) is 5.75 Å². The van der Waals surface area contributed by atoms with Crippen LogP contribution in [-0.2, 0) is 35.7 Å². The number of aliphatic carboxylic acids is 1. The molecule has 2 amide bonds. The average molecular weight is 661 g/mol. The maximum atomic E-state index is 14.3. The number of carboxylic acid groups (broad SMARTS) is 1. The van der Waals surface area contributed by atoms with Gasteiger partial charge in [-0.25, -0.2) is 4.98 Å². The predicted octanol–water partition coefficient (Wildman–Crippen LogP) is 5.09. The van der Waals surface area contributed by atoms with Crippen molar-refractivity contribution in [3.8, 4) is 11.8 Å². The Morgan fingerprint density at radius 2 is 1.93 bits per heavy atom. The monoisotopic (exact) mass is 659 g/mol. The second kappa shape index (κ2) is 12.4. The lowest BCUT2D eigenvalue weighted by atomic mass is 9.77. The molecule has 1 unspecified atom stereocenters. The highest BCUT2D eigenvalue weighted by molar-refractivity contribution is 9.10. The lowest BCUT2D eigenvalue weighted by Gasteiger charge is -2.43. The zero-order chi connectivity index (χ0) is 31.0. The van der Waals surface area contributed by atoms with Gasteiger partial charge >= 0.3 is 5.97 Å². The number of hydrogen-bond donors (Lipinski definition) is 1. The van der Waals surface area contributed by atoms with Crippen molar-refractivity contribution >= 4 is 33.7 Å². The minimum atomic E-state index is -0.936. The van der Waals surface area contributed by atoms with Crippen LogP contribution in [0.3, 0.4) is 0 Å². The Bertz CT molecular complexity index is 1660. The molecule has 3 atom stereocenters. The van der Waals surface area contributed by atoms with Gasteiger partial charge in [-0.3, -0.25) is 14.4 Å². The Balaban J connectivity index is 1.39. The first-order valence-electron chi connectivity index (χ1n) is 15.1. The number of halogens is 1. The SMILES string of the molecule is CCn1cnc(COc2ccc(Br)c3c2[C@@H](CN2Cc4ccccc4C2=O)N(C(=O)C2CCCC[C@H]2C(=O)O)CC3)c1C#N. The number of rotatable bonds is 8. The third-order valence-electron chi connectivity index (χ3n) is 9.27. The maximum Gasteiger partial charge on any atom is 0.307 e. The molecule has 0 saturated heterocycles. The molecule has 11 heteroatoms. The van der Waals surface area contributed by atoms with Gasteiger partial charge in [-0.2, -0.15) is 5.26 Å². The van der Waals surface area contributed by atoms with Crippen molar-refractivity contribution in [2.45, 2.75) is 64.8 Å². The zero-order valence-corrected chi connectivity index (χ0v) is 26.1. The fourth-order valence-electron chi connectivity index (χ4n) is 7.01. The van der Waals surface area contributed by atoms with E-state index in [1.165, 1.54) is 0 Å². The highest BCUT2D eigenvalue weighted by Crippen LogP contribution is 2.44. The Morgan fingerprint density at radius 1 is 1.16 bits per heavy atom. The molecule has 0 radical (unpaired) electrons. The van der Waals surface area contributed by atoms with Crippen molar-refractivity contribution < 1.29 is 24.2 Å². The van der Waals surface area contributed by atoms with Gasteiger partial charge in [0.25, 0.3) is 5.91 Å². The standard InChI is InChI=1S/C33H34BrN5O5/c1-2-37-19-36-26(27(37)15-35)18-44-29-12-11-25(34)24-13-14-39(32(41)22-9-5-6-10-23(22)33(42)43)28(30(24)29)17-38-16-20-7-3-4-8-21(20)31(38)40/h3-4,7-8,11-12,19,22-23,28H,2,5-6,9-10,13-14,16-18H2,1H3,(H,42,43)/t22?,23-,28-/m1/s1. The molecule has 2 aliphatic heterocycles. The first-order valence-corrected chi connectivity index (χ1v) is 15.9. The summed E-state index contributed by atoms with van der Waals surface area (Å²) in [5, 5.41) is 19.7. The molecule has 1 N–H and O–H groups in total. The van der Waals surface area contributed by atoms with Crippen LogP contribution in [-0.4, -0.2) is 55.3 Å². The minimum Gasteiger partial charge on any atom is -0.487 e. The first-order chi connectivity index (χ1) is 21.3. The number of carbonyl (C=O) groups is 3. The van der Waals surface area contributed by atoms with Gasteiger partial charge in [0.1, 0.15) is 29.8 Å². The topological polar surface area (TPSA) is 129 Å². The van der Waals surface area contributed by atoms with Gasteiger partial charge in [-0.15, -0.1) is 0 Å². The molecule has 0 bridgehead atoms. The van der Waals surface area contributed by atoms with E-state index in [2.05, 4.69) is 27.0 Å². The number of aromatic nitrogens is 2. The zero-order valence-electron chi connectivity index (χ0n) is 24.5. The Kier molecular flexibility index (Phi) is 8.45. The molecule has 1 saturated carbocycles. The van der Waals surface area contributed by atoms with E-state index in [1.807, 2.05) is 43.3 Å². The number of hydrogen-bond acceptors (Lipinski definition) is 6. The molecule has 6 rings (SSSR count). The molecule has 0 spiro atoms. The summed E-state index contributed by atoms with van der Waals surface area (Å²) in [6, 6.07) is 12.9. The number of ether oxygens (including phenoxy) is 1. The molecule has 228 valence electrons. The van der Waals surface area contributed by atoms with Crippen molar-refractivity contribution in [1.29, 1.82) is 5.26 Å². The van der Waals surface area contributed by atoms with Gasteiger partial charge in [-0.05, 0) is 55.5 Å². The summed E-state index contributed by atoms with van der Waals surface area (Å²) < 4.78 is 9.02. The van der Waals surface area contributed by atoms with E-state index in [4.69, 9.17) is 4.74 Å². The summed E-state index contributed by atoms with van der Waals surface area (Å²) in [6.45, 7) is 3.66. The number of nitrogens with zero attached hydrogens (tertiary/aromatic N) is 5. The number of fused-ring (bicyclic) bond motifs is 2. The largest absolute Gasteiger partial charge is 0.487 e. The summed E-state index contributed by atoms with van der Waals surface area (Å²) in [6.07, 6.45) is 4.77. The van der Waals surface area contributed by atoms with Crippen molar-refractivity contribution in [3.05, 3.63) is 80.8 Å². The number of imidazole rings is 1. The van der Waals surface area contributed by atoms with Crippen molar-refractivity contribution in [1.82, 2.24) is 19.4 Å². The van der Waals surface area contributed by atoms with E-state index < -0.39 is 23.8 Å². The summed E-state index contributed by atoms with van der Waals surface area (Å²) in [5.74, 6) is -2.02. The predicted molar refractivity (Wildman–Crippen MR) is 164 cm³/mol. The minimum absolute atomic E-state index is 0.0580. The smallest absolute Gasteiger partial charge is 0.307 e. The Morgan fingerprint density at radius 3 is 2.66 bits per heavy atom. The van der Waals surface area contributed by atoms with E-state index in [-0.39, 0.29) is 25.0 Å². The van der Waals surface area contributed by atoms with Crippen LogP contribution in [0.25, 0.3) is 0 Å². The molecular formula is C33H34BrN5O5. The van der Waals surface area contributed by atoms with E-state index in [1.54, 1.807) is 20.7 Å². The van der Waals surface area contributed by atoms with Crippen LogP contribution in [0.2, 0.25) is 0 Å². The van der Waals surface area contributed by atoms with Crippen LogP contribution in [0.15, 0.2) is 47.2 Å². The molecule has 3 aromatic rings. The maximum absolute atomic E-state index is 14.3. The van der Waals surface area contributed by atoms with E-state index in [9.17, 15) is 24.8 Å². The molecule has 44 heavy (non-hydrogen) atoms. The van der Waals surface area contributed by atoms with Gasteiger partial charge in [0.05, 0.1) is 24.2 Å². The van der Waals surface area contributed by atoms with Crippen molar-refractivity contribution in [2.24, 2.45) is 11.8 Å². The number of carboxylic acids is 1. The highest BCUT2D eigenvalue weighted by Gasteiger charge is 2.44. The number of amides is 2. The van der Waals surface area contributed by atoms with Crippen LogP contribution in [0.4, 0.5) is 0 Å². The quantitative estimate of drug-likeness (QED) is 0.357. The van der Waals surface area contributed by atoms with Gasteiger partial charge in [-0.1, -0.05) is 47.0 Å². The van der Waals surface area contributed by atoms with Crippen molar-refractivity contribution in [3.63, 3.8) is 0 Å². The van der Waals surface area contributed by atoms with Gasteiger partial charge in [0.2, 0.25) is 5.91 Å². The normalized spacial score (nSPS) is 21.0. The molecule has 3 aliphatic rings. The van der Waals surface area contributed by atoms with Crippen LogP contribution in [0.1, 0.15) is 77.1 Å². The summed E-state index contributed by atoms with van der Waals surface area (Å²) in [4.78, 5) is 48.0. The van der Waals surface area contributed by atoms with Gasteiger partial charge in [0, 0.05) is 41.8 Å². The number of carbonyl (C=O) groups excluding carboxylic acids is 2. The Hall–Kier alpha value is -4.17. The highest BCUT2D eigenvalue weighted by atomic mass is 79.9. The molecule has 1 fully saturated rings. The second-order valence-corrected chi connectivity index (χ2v) is 12.5. The lowest BCUT2D eigenvalue weighted by Crippen LogP contribution is -2.50. The third-order valence-corrected chi connectivity index (χ3v) is 10.0. The fraction of sp³-hybridized carbons (Fsp3) is 0.424. The number of benzene rings is 2. The van der Waals surface area contributed by atoms with E-state index >= 15 is 0 Å². The van der Waals surface area contributed by atoms with Gasteiger partial charge < -0.3 is 24.2 Å². The third kappa shape index (κ3) is 5.36. The summed E-state index contributed by atoms with van der Waals surface area (Å²) in [5.41, 5.74) is 4.32. The molecule has 3 heterocycles. The molecule has 1 aliphatic carbocycles. The van der Waals surface area contributed by atoms with E-state index in [0.29, 0.717) is 61.6 Å². The lowest BCUT2D eigenvalue weighted by molar-refractivity contribution is -0.153. The Labute approximate surface area is 264 Å². The van der Waals surface area contributed by atoms with E-state index in [0.717, 1.165) is 34.0 Å². The average Bonchev–Trinajstić information content (AvgIpc) is 3.60. The van der Waals surface area contributed by atoms with Gasteiger partial charge in [0.15, 0.2) is 0 Å². The molecule has 2 aromatic carbocycles. The summed E-state index contributed by atoms with van der Waals surface area (Å²) in [7, 11) is 0. The second-order valence-electron chi connectivity index (χ2n) is 11.6. The first kappa shape index (κ1) is 29.9. The van der Waals surface area contributed by atoms with Crippen molar-refractivity contribution in [2.75, 3.05) is 13.1 Å². The summed E-state index contributed by atoms with van der Waals surface area (Å²) >= 11 is 3.71. The number of aryl methyl sites for hydroxylation is 1. The van der Waals surface area contributed by atoms with Crippen LogP contribution < -0.4 is 4.74 Å². The molecule has 10 nitrogen and oxygen atoms in total.